The van der Waals surface area contributed by atoms with Crippen LogP contribution in [-0.4, -0.2) is 29.2 Å². The Morgan fingerprint density at radius 3 is 2.88 bits per heavy atom. The van der Waals surface area contributed by atoms with Crippen LogP contribution in [0.1, 0.15) is 22.5 Å². The van der Waals surface area contributed by atoms with E-state index < -0.39 is 0 Å². The highest BCUT2D eigenvalue weighted by Crippen LogP contribution is 2.34. The van der Waals surface area contributed by atoms with Crippen LogP contribution in [0.15, 0.2) is 11.4 Å². The van der Waals surface area contributed by atoms with Gasteiger partial charge in [-0.1, -0.05) is 27.5 Å². The summed E-state index contributed by atoms with van der Waals surface area (Å²) in [5, 5.41) is 2.41. The fourth-order valence-corrected chi connectivity index (χ4v) is 4.08. The average molecular weight is 323 g/mol. The molecule has 2 rings (SSSR count). The quantitative estimate of drug-likeness (QED) is 0.778. The van der Waals surface area contributed by atoms with Gasteiger partial charge in [-0.3, -0.25) is 4.79 Å². The summed E-state index contributed by atoms with van der Waals surface area (Å²) in [6, 6.07) is 1.77. The van der Waals surface area contributed by atoms with E-state index in [1.54, 1.807) is 11.0 Å². The lowest BCUT2D eigenvalue weighted by molar-refractivity contribution is 0.0753. The third-order valence-corrected chi connectivity index (χ3v) is 4.95. The summed E-state index contributed by atoms with van der Waals surface area (Å²) in [4.78, 5) is 15.1. The number of hydrogen-bond donors (Lipinski definition) is 0. The highest BCUT2D eigenvalue weighted by atomic mass is 79.9. The molecule has 1 saturated carbocycles. The Morgan fingerprint density at radius 2 is 2.38 bits per heavy atom. The molecule has 0 bridgehead atoms. The zero-order chi connectivity index (χ0) is 11.7. The minimum Gasteiger partial charge on any atom is -0.341 e. The Hall–Kier alpha value is -0.0600. The van der Waals surface area contributed by atoms with Gasteiger partial charge in [0.2, 0.25) is 0 Å². The molecule has 88 valence electrons. The second-order valence-electron chi connectivity index (χ2n) is 4.22. The van der Waals surface area contributed by atoms with Crippen LogP contribution in [-0.2, 0) is 0 Å². The van der Waals surface area contributed by atoms with Crippen molar-refractivity contribution in [2.24, 2.45) is 5.92 Å². The summed E-state index contributed by atoms with van der Waals surface area (Å²) < 4.78 is 0. The van der Waals surface area contributed by atoms with Gasteiger partial charge >= 0.3 is 0 Å². The Morgan fingerprint density at radius 1 is 1.69 bits per heavy atom. The third kappa shape index (κ3) is 2.60. The molecule has 0 unspecified atom stereocenters. The van der Waals surface area contributed by atoms with Gasteiger partial charge in [0, 0.05) is 18.4 Å². The van der Waals surface area contributed by atoms with Crippen LogP contribution in [0, 0.1) is 5.92 Å². The zero-order valence-corrected chi connectivity index (χ0v) is 12.1. The fraction of sp³-hybridized carbons (Fsp3) is 0.545. The fourth-order valence-electron chi connectivity index (χ4n) is 1.89. The molecule has 0 spiro atoms. The van der Waals surface area contributed by atoms with Crippen molar-refractivity contribution in [2.75, 3.05) is 13.6 Å². The molecular formula is C11H13BrClNOS. The van der Waals surface area contributed by atoms with E-state index in [4.69, 9.17) is 11.6 Å². The van der Waals surface area contributed by atoms with E-state index >= 15 is 0 Å². The topological polar surface area (TPSA) is 20.3 Å². The molecule has 0 radical (unpaired) electrons. The van der Waals surface area contributed by atoms with Crippen LogP contribution >= 0.6 is 38.9 Å². The van der Waals surface area contributed by atoms with Gasteiger partial charge in [0.25, 0.3) is 5.91 Å². The van der Waals surface area contributed by atoms with Gasteiger partial charge in [0.05, 0.1) is 5.02 Å². The molecule has 1 aromatic rings. The summed E-state index contributed by atoms with van der Waals surface area (Å²) in [5.41, 5.74) is 0. The molecule has 1 fully saturated rings. The molecule has 0 aromatic carbocycles. The molecule has 1 amide bonds. The predicted octanol–water partition coefficient (Wildman–Crippen LogP) is 3.65. The summed E-state index contributed by atoms with van der Waals surface area (Å²) in [7, 11) is 1.85. The van der Waals surface area contributed by atoms with Crippen molar-refractivity contribution < 1.29 is 4.79 Å². The SMILES string of the molecule is CN(CC1CC(Br)C1)C(=O)c1sccc1Cl. The number of nitrogens with zero attached hydrogens (tertiary/aromatic N) is 1. The second kappa shape index (κ2) is 5.07. The standard InChI is InChI=1S/C11H13BrClNOS/c1-14(6-7-4-8(12)5-7)11(15)10-9(13)2-3-16-10/h2-3,7-8H,4-6H2,1H3. The minimum atomic E-state index is 0.0398. The van der Waals surface area contributed by atoms with Crippen LogP contribution < -0.4 is 0 Å². The van der Waals surface area contributed by atoms with Crippen LogP contribution in [0.5, 0.6) is 0 Å². The van der Waals surface area contributed by atoms with Gasteiger partial charge in [-0.05, 0) is 30.2 Å². The number of amides is 1. The van der Waals surface area contributed by atoms with Gasteiger partial charge in [-0.15, -0.1) is 11.3 Å². The number of halogens is 2. The maximum Gasteiger partial charge on any atom is 0.265 e. The first-order valence-electron chi connectivity index (χ1n) is 5.20. The lowest BCUT2D eigenvalue weighted by Crippen LogP contribution is -2.37. The molecule has 1 aromatic heterocycles. The van der Waals surface area contributed by atoms with Gasteiger partial charge in [0.15, 0.2) is 0 Å². The van der Waals surface area contributed by atoms with E-state index in [0.717, 1.165) is 19.4 Å². The van der Waals surface area contributed by atoms with E-state index in [1.807, 2.05) is 12.4 Å². The number of thiophene rings is 1. The van der Waals surface area contributed by atoms with Crippen LogP contribution in [0.2, 0.25) is 5.02 Å². The first-order valence-corrected chi connectivity index (χ1v) is 7.37. The van der Waals surface area contributed by atoms with Gasteiger partial charge < -0.3 is 4.90 Å². The molecule has 0 N–H and O–H groups in total. The molecule has 1 aliphatic carbocycles. The first kappa shape index (κ1) is 12.4. The van der Waals surface area contributed by atoms with Crippen molar-refractivity contribution in [1.82, 2.24) is 4.90 Å². The maximum atomic E-state index is 12.0. The van der Waals surface area contributed by atoms with Crippen LogP contribution in [0.4, 0.5) is 0 Å². The van der Waals surface area contributed by atoms with Crippen molar-refractivity contribution in [2.45, 2.75) is 17.7 Å². The number of rotatable bonds is 3. The lowest BCUT2D eigenvalue weighted by Gasteiger charge is -2.34. The van der Waals surface area contributed by atoms with E-state index in [1.165, 1.54) is 11.3 Å². The molecule has 5 heteroatoms. The molecule has 16 heavy (non-hydrogen) atoms. The highest BCUT2D eigenvalue weighted by Gasteiger charge is 2.29. The van der Waals surface area contributed by atoms with Crippen molar-refractivity contribution in [3.05, 3.63) is 21.3 Å². The van der Waals surface area contributed by atoms with Crippen molar-refractivity contribution >= 4 is 44.8 Å². The normalized spacial score (nSPS) is 23.9. The van der Waals surface area contributed by atoms with Crippen molar-refractivity contribution in [3.8, 4) is 0 Å². The van der Waals surface area contributed by atoms with Gasteiger partial charge in [-0.2, -0.15) is 0 Å². The molecule has 2 nitrogen and oxygen atoms in total. The molecule has 0 saturated heterocycles. The number of carbonyl (C=O) groups excluding carboxylic acids is 1. The Balaban J connectivity index is 1.92. The van der Waals surface area contributed by atoms with E-state index in [0.29, 0.717) is 20.6 Å². The summed E-state index contributed by atoms with van der Waals surface area (Å²) in [6.45, 7) is 0.829. The summed E-state index contributed by atoms with van der Waals surface area (Å²) in [6.07, 6.45) is 2.32. The number of hydrogen-bond acceptors (Lipinski definition) is 2. The largest absolute Gasteiger partial charge is 0.341 e. The zero-order valence-electron chi connectivity index (χ0n) is 8.95. The first-order chi connectivity index (χ1) is 7.58. The smallest absolute Gasteiger partial charge is 0.265 e. The van der Waals surface area contributed by atoms with Crippen LogP contribution in [0.3, 0.4) is 0 Å². The van der Waals surface area contributed by atoms with E-state index in [9.17, 15) is 4.79 Å². The molecule has 1 heterocycles. The molecule has 1 aliphatic rings. The maximum absolute atomic E-state index is 12.0. The average Bonchev–Trinajstić information content (AvgIpc) is 2.61. The lowest BCUT2D eigenvalue weighted by atomic mass is 9.85. The third-order valence-electron chi connectivity index (χ3n) is 2.87. The molecular weight excluding hydrogens is 310 g/mol. The highest BCUT2D eigenvalue weighted by molar-refractivity contribution is 9.09. The van der Waals surface area contributed by atoms with Gasteiger partial charge in [-0.25, -0.2) is 0 Å². The van der Waals surface area contributed by atoms with Crippen molar-refractivity contribution in [3.63, 3.8) is 0 Å². The summed E-state index contributed by atoms with van der Waals surface area (Å²) in [5.74, 6) is 0.676. The Bertz CT molecular complexity index is 389. The number of carbonyl (C=O) groups is 1. The second-order valence-corrected chi connectivity index (χ2v) is 6.84. The molecule has 0 atom stereocenters. The van der Waals surface area contributed by atoms with E-state index in [2.05, 4.69) is 15.9 Å². The summed E-state index contributed by atoms with van der Waals surface area (Å²) >= 11 is 10.9. The molecule has 0 aliphatic heterocycles. The Labute approximate surface area is 113 Å². The minimum absolute atomic E-state index is 0.0398. The van der Waals surface area contributed by atoms with Crippen LogP contribution in [0.25, 0.3) is 0 Å². The number of alkyl halides is 1. The van der Waals surface area contributed by atoms with E-state index in [-0.39, 0.29) is 5.91 Å². The Kier molecular flexibility index (Phi) is 3.93. The predicted molar refractivity (Wildman–Crippen MR) is 71.7 cm³/mol. The monoisotopic (exact) mass is 321 g/mol. The van der Waals surface area contributed by atoms with Crippen molar-refractivity contribution in [1.29, 1.82) is 0 Å². The van der Waals surface area contributed by atoms with Gasteiger partial charge in [0.1, 0.15) is 4.88 Å².